The van der Waals surface area contributed by atoms with Gasteiger partial charge in [0, 0.05) is 36.1 Å². The smallest absolute Gasteiger partial charge is 0.382 e. The Morgan fingerprint density at radius 1 is 0.881 bits per heavy atom. The number of benzene rings is 3. The minimum absolute atomic E-state index is 0.120. The molecule has 3 nitrogen and oxygen atoms in total. The number of piperidine rings is 1. The first-order valence-corrected chi connectivity index (χ1v) is 14.4. The number of hydrogen-bond donors (Lipinski definition) is 2. The summed E-state index contributed by atoms with van der Waals surface area (Å²) in [6.45, 7) is 9.53. The highest BCUT2D eigenvalue weighted by molar-refractivity contribution is 5.83. The molecule has 1 saturated heterocycles. The van der Waals surface area contributed by atoms with Gasteiger partial charge in [-0.2, -0.15) is 13.2 Å². The molecule has 5 rings (SSSR count). The zero-order valence-corrected chi connectivity index (χ0v) is 23.5. The monoisotopic (exact) mass is 581 g/mol. The Labute approximate surface area is 244 Å². The fourth-order valence-electron chi connectivity index (χ4n) is 6.51. The maximum atomic E-state index is 14.1. The number of hydrogen-bond acceptors (Lipinski definition) is 3. The highest BCUT2D eigenvalue weighted by atomic mass is 19.4. The molecule has 1 aliphatic heterocycles. The van der Waals surface area contributed by atoms with Crippen molar-refractivity contribution >= 4 is 5.70 Å². The topological polar surface area (TPSA) is 27.3 Å². The lowest BCUT2D eigenvalue weighted by Crippen LogP contribution is -2.42. The van der Waals surface area contributed by atoms with E-state index < -0.39 is 29.8 Å². The van der Waals surface area contributed by atoms with E-state index in [2.05, 4.69) is 28.7 Å². The zero-order chi connectivity index (χ0) is 29.9. The Kier molecular flexibility index (Phi) is 8.73. The molecule has 1 fully saturated rings. The molecule has 42 heavy (non-hydrogen) atoms. The van der Waals surface area contributed by atoms with Gasteiger partial charge in [-0.3, -0.25) is 0 Å². The molecule has 0 bridgehead atoms. The number of nitrogens with one attached hydrogen (secondary N) is 2. The number of nitrogens with zero attached hydrogens (tertiary/aromatic N) is 1. The molecule has 0 aromatic heterocycles. The number of fused-ring (bicyclic) bond motifs is 3. The Morgan fingerprint density at radius 3 is 2.12 bits per heavy atom. The summed E-state index contributed by atoms with van der Waals surface area (Å²) in [5.74, 6) is -1.01. The number of rotatable bonds is 11. The Hall–Kier alpha value is -3.65. The molecule has 0 spiro atoms. The van der Waals surface area contributed by atoms with E-state index in [1.54, 1.807) is 0 Å². The van der Waals surface area contributed by atoms with Gasteiger partial charge in [-0.15, -0.1) is 0 Å². The number of likely N-dealkylation sites (tertiary alicyclic amines) is 1. The van der Waals surface area contributed by atoms with Gasteiger partial charge in [-0.05, 0) is 72.7 Å². The first-order chi connectivity index (χ1) is 20.1. The molecule has 3 aromatic carbocycles. The molecule has 1 heterocycles. The standard InChI is InChI=1S/C34H36F5N3/c1-23(29-21-25(35)13-14-32(29)36)41-26-15-19-42(20-16-26)18-8-7-17-33(24(2)40-22-34(37,38)39)30-11-5-3-9-27(30)28-10-4-6-12-31(28)33/h3-6,9-14,21,26,40-41H,1-2,7-8,15-20,22H2. The number of alkyl halides is 3. The van der Waals surface area contributed by atoms with Crippen LogP contribution >= 0.6 is 0 Å². The van der Waals surface area contributed by atoms with Crippen molar-refractivity contribution in [2.75, 3.05) is 26.2 Å². The highest BCUT2D eigenvalue weighted by Crippen LogP contribution is 2.54. The van der Waals surface area contributed by atoms with Crippen LogP contribution in [0.25, 0.3) is 16.8 Å². The number of allylic oxidation sites excluding steroid dienone is 1. The summed E-state index contributed by atoms with van der Waals surface area (Å²) in [4.78, 5) is 2.38. The Bertz CT molecular complexity index is 1390. The molecule has 8 heteroatoms. The average Bonchev–Trinajstić information content (AvgIpc) is 3.26. The first-order valence-electron chi connectivity index (χ1n) is 14.4. The van der Waals surface area contributed by atoms with Gasteiger partial charge in [0.15, 0.2) is 0 Å². The van der Waals surface area contributed by atoms with E-state index in [0.29, 0.717) is 17.8 Å². The maximum Gasteiger partial charge on any atom is 0.405 e. The van der Waals surface area contributed by atoms with Gasteiger partial charge in [-0.25, -0.2) is 8.78 Å². The van der Waals surface area contributed by atoms with E-state index in [0.717, 1.165) is 85.8 Å². The molecule has 3 aromatic rings. The molecular weight excluding hydrogens is 545 g/mol. The third-order valence-corrected chi connectivity index (χ3v) is 8.58. The fourth-order valence-corrected chi connectivity index (χ4v) is 6.51. The summed E-state index contributed by atoms with van der Waals surface area (Å²) in [5, 5.41) is 5.89. The summed E-state index contributed by atoms with van der Waals surface area (Å²) in [7, 11) is 0. The molecule has 0 amide bonds. The van der Waals surface area contributed by atoms with Gasteiger partial charge in [0.1, 0.15) is 18.2 Å². The fraction of sp³-hybridized carbons (Fsp3) is 0.353. The van der Waals surface area contributed by atoms with Crippen molar-refractivity contribution in [3.05, 3.63) is 114 Å². The van der Waals surface area contributed by atoms with E-state index in [4.69, 9.17) is 0 Å². The molecule has 0 saturated carbocycles. The molecule has 2 aliphatic rings. The van der Waals surface area contributed by atoms with Gasteiger partial charge in [0.25, 0.3) is 0 Å². The van der Waals surface area contributed by atoms with Gasteiger partial charge in [0.2, 0.25) is 0 Å². The number of unbranched alkanes of at least 4 members (excludes halogenated alkanes) is 1. The second-order valence-electron chi connectivity index (χ2n) is 11.3. The summed E-state index contributed by atoms with van der Waals surface area (Å²) in [6.07, 6.45) is -0.318. The predicted molar refractivity (Wildman–Crippen MR) is 158 cm³/mol. The SMILES string of the molecule is C=C(NC1CCN(CCCCC2(C(=C)NCC(F)(F)F)c3ccccc3-c3ccccc32)CC1)c1cc(F)ccc1F. The van der Waals surface area contributed by atoms with Crippen LogP contribution in [0.15, 0.2) is 85.6 Å². The van der Waals surface area contributed by atoms with Gasteiger partial charge in [0.05, 0.1) is 5.41 Å². The van der Waals surface area contributed by atoms with Crippen molar-refractivity contribution in [3.8, 4) is 11.1 Å². The molecule has 2 N–H and O–H groups in total. The molecule has 222 valence electrons. The second kappa shape index (κ2) is 12.3. The van der Waals surface area contributed by atoms with Crippen LogP contribution in [-0.4, -0.2) is 43.3 Å². The van der Waals surface area contributed by atoms with Crippen molar-refractivity contribution in [1.82, 2.24) is 15.5 Å². The largest absolute Gasteiger partial charge is 0.405 e. The van der Waals surface area contributed by atoms with Gasteiger partial charge >= 0.3 is 6.18 Å². The quantitative estimate of drug-likeness (QED) is 0.179. The van der Waals surface area contributed by atoms with Crippen LogP contribution in [0, 0.1) is 11.6 Å². The van der Waals surface area contributed by atoms with Crippen LogP contribution in [0.5, 0.6) is 0 Å². The third-order valence-electron chi connectivity index (χ3n) is 8.58. The number of halogens is 5. The van der Waals surface area contributed by atoms with Crippen molar-refractivity contribution in [1.29, 1.82) is 0 Å². The lowest BCUT2D eigenvalue weighted by atomic mass is 9.72. The van der Waals surface area contributed by atoms with Crippen molar-refractivity contribution in [2.45, 2.75) is 49.7 Å². The summed E-state index contributed by atoms with van der Waals surface area (Å²) < 4.78 is 67.3. The average molecular weight is 582 g/mol. The zero-order valence-electron chi connectivity index (χ0n) is 23.5. The van der Waals surface area contributed by atoms with E-state index in [-0.39, 0.29) is 11.6 Å². The molecule has 0 unspecified atom stereocenters. The van der Waals surface area contributed by atoms with E-state index >= 15 is 0 Å². The molecular formula is C34H36F5N3. The minimum Gasteiger partial charge on any atom is -0.382 e. The van der Waals surface area contributed by atoms with E-state index in [1.807, 2.05) is 48.5 Å². The summed E-state index contributed by atoms with van der Waals surface area (Å²) in [6, 6.07) is 19.3. The van der Waals surface area contributed by atoms with Crippen molar-refractivity contribution in [3.63, 3.8) is 0 Å². The van der Waals surface area contributed by atoms with Crippen LogP contribution in [0.4, 0.5) is 22.0 Å². The summed E-state index contributed by atoms with van der Waals surface area (Å²) >= 11 is 0. The lowest BCUT2D eigenvalue weighted by Gasteiger charge is -2.36. The van der Waals surface area contributed by atoms with Crippen LogP contribution in [0.2, 0.25) is 0 Å². The van der Waals surface area contributed by atoms with Crippen molar-refractivity contribution < 1.29 is 22.0 Å². The van der Waals surface area contributed by atoms with Crippen LogP contribution in [0.3, 0.4) is 0 Å². The Balaban J connectivity index is 1.20. The molecule has 1 aliphatic carbocycles. The third kappa shape index (κ3) is 6.24. The lowest BCUT2D eigenvalue weighted by molar-refractivity contribution is -0.123. The van der Waals surface area contributed by atoms with Crippen LogP contribution in [-0.2, 0) is 5.41 Å². The van der Waals surface area contributed by atoms with Crippen LogP contribution in [0.1, 0.15) is 48.8 Å². The highest BCUT2D eigenvalue weighted by Gasteiger charge is 2.45. The second-order valence-corrected chi connectivity index (χ2v) is 11.3. The maximum absolute atomic E-state index is 14.1. The minimum atomic E-state index is -4.35. The Morgan fingerprint density at radius 2 is 1.50 bits per heavy atom. The van der Waals surface area contributed by atoms with Gasteiger partial charge < -0.3 is 15.5 Å². The van der Waals surface area contributed by atoms with E-state index in [9.17, 15) is 22.0 Å². The molecule has 0 radical (unpaired) electrons. The summed E-state index contributed by atoms with van der Waals surface area (Å²) in [5.41, 5.74) is 4.22. The van der Waals surface area contributed by atoms with Crippen LogP contribution < -0.4 is 10.6 Å². The van der Waals surface area contributed by atoms with E-state index in [1.165, 1.54) is 0 Å². The normalized spacial score (nSPS) is 16.5. The molecule has 0 atom stereocenters. The van der Waals surface area contributed by atoms with Crippen molar-refractivity contribution in [2.24, 2.45) is 0 Å². The first kappa shape index (κ1) is 29.8. The van der Waals surface area contributed by atoms with Gasteiger partial charge in [-0.1, -0.05) is 68.1 Å². The predicted octanol–water partition coefficient (Wildman–Crippen LogP) is 7.79.